The second kappa shape index (κ2) is 4.65. The SMILES string of the molecule is COc1ccc(-n2nnc3ccc(C(=O)O)cc32)cc1. The van der Waals surface area contributed by atoms with E-state index in [4.69, 9.17) is 9.84 Å². The van der Waals surface area contributed by atoms with Crippen LogP contribution in [-0.2, 0) is 0 Å². The standard InChI is InChI=1S/C14H11N3O3/c1-20-11-5-3-10(4-6-11)17-13-8-9(14(18)19)2-7-12(13)15-16-17/h2-8H,1H3,(H,18,19). The molecule has 0 unspecified atom stereocenters. The number of nitrogens with zero attached hydrogens (tertiary/aromatic N) is 3. The van der Waals surface area contributed by atoms with Crippen LogP contribution in [0.25, 0.3) is 16.7 Å². The lowest BCUT2D eigenvalue weighted by Gasteiger charge is -2.04. The van der Waals surface area contributed by atoms with Crippen molar-refractivity contribution in [3.05, 3.63) is 48.0 Å². The predicted molar refractivity (Wildman–Crippen MR) is 72.4 cm³/mol. The molecule has 0 amide bonds. The maximum absolute atomic E-state index is 11.0. The van der Waals surface area contributed by atoms with E-state index in [-0.39, 0.29) is 5.56 Å². The predicted octanol–water partition coefficient (Wildman–Crippen LogP) is 2.13. The van der Waals surface area contributed by atoms with E-state index < -0.39 is 5.97 Å². The quantitative estimate of drug-likeness (QED) is 0.788. The van der Waals surface area contributed by atoms with Gasteiger partial charge in [-0.2, -0.15) is 0 Å². The molecule has 0 bridgehead atoms. The molecule has 100 valence electrons. The third-order valence-corrected chi connectivity index (χ3v) is 3.01. The zero-order valence-corrected chi connectivity index (χ0v) is 10.6. The monoisotopic (exact) mass is 269 g/mol. The fourth-order valence-electron chi connectivity index (χ4n) is 1.97. The summed E-state index contributed by atoms with van der Waals surface area (Å²) in [6.07, 6.45) is 0. The molecule has 6 nitrogen and oxygen atoms in total. The largest absolute Gasteiger partial charge is 0.497 e. The van der Waals surface area contributed by atoms with Gasteiger partial charge in [0.25, 0.3) is 0 Å². The first kappa shape index (κ1) is 12.2. The highest BCUT2D eigenvalue weighted by Crippen LogP contribution is 2.20. The summed E-state index contributed by atoms with van der Waals surface area (Å²) in [6, 6.07) is 12.0. The molecule has 0 aliphatic rings. The van der Waals surface area contributed by atoms with Crippen molar-refractivity contribution in [2.75, 3.05) is 7.11 Å². The lowest BCUT2D eigenvalue weighted by Crippen LogP contribution is -1.99. The number of hydrogen-bond acceptors (Lipinski definition) is 4. The third-order valence-electron chi connectivity index (χ3n) is 3.01. The molecule has 2 aromatic carbocycles. The maximum atomic E-state index is 11.0. The Morgan fingerprint density at radius 3 is 2.60 bits per heavy atom. The summed E-state index contributed by atoms with van der Waals surface area (Å²) in [7, 11) is 1.60. The molecule has 0 atom stereocenters. The van der Waals surface area contributed by atoms with E-state index in [1.165, 1.54) is 6.07 Å². The van der Waals surface area contributed by atoms with Gasteiger partial charge < -0.3 is 9.84 Å². The van der Waals surface area contributed by atoms with Crippen molar-refractivity contribution in [1.29, 1.82) is 0 Å². The number of aromatic carboxylic acids is 1. The van der Waals surface area contributed by atoms with Crippen LogP contribution in [-0.4, -0.2) is 33.2 Å². The molecule has 3 aromatic rings. The number of benzene rings is 2. The van der Waals surface area contributed by atoms with Gasteiger partial charge in [-0.25, -0.2) is 9.48 Å². The summed E-state index contributed by atoms with van der Waals surface area (Å²) in [4.78, 5) is 11.0. The van der Waals surface area contributed by atoms with Crippen LogP contribution >= 0.6 is 0 Å². The number of carboxylic acid groups (broad SMARTS) is 1. The Labute approximate surface area is 114 Å². The summed E-state index contributed by atoms with van der Waals surface area (Å²) in [5.41, 5.74) is 2.28. The first-order valence-corrected chi connectivity index (χ1v) is 5.92. The highest BCUT2D eigenvalue weighted by molar-refractivity contribution is 5.92. The summed E-state index contributed by atoms with van der Waals surface area (Å²) < 4.78 is 6.70. The van der Waals surface area contributed by atoms with E-state index in [2.05, 4.69) is 10.3 Å². The second-order valence-electron chi connectivity index (χ2n) is 4.21. The van der Waals surface area contributed by atoms with Crippen LogP contribution in [0.15, 0.2) is 42.5 Å². The highest BCUT2D eigenvalue weighted by Gasteiger charge is 2.10. The van der Waals surface area contributed by atoms with Gasteiger partial charge in [0, 0.05) is 0 Å². The topological polar surface area (TPSA) is 77.2 Å². The molecular weight excluding hydrogens is 258 g/mol. The molecule has 0 saturated heterocycles. The van der Waals surface area contributed by atoms with E-state index in [9.17, 15) is 4.79 Å². The van der Waals surface area contributed by atoms with Crippen molar-refractivity contribution in [3.63, 3.8) is 0 Å². The number of methoxy groups -OCH3 is 1. The number of carbonyl (C=O) groups is 1. The molecule has 0 aliphatic heterocycles. The summed E-state index contributed by atoms with van der Waals surface area (Å²) >= 11 is 0. The lowest BCUT2D eigenvalue weighted by molar-refractivity contribution is 0.0697. The molecule has 1 aromatic heterocycles. The first-order chi connectivity index (χ1) is 9.69. The van der Waals surface area contributed by atoms with Crippen LogP contribution in [0.3, 0.4) is 0 Å². The number of carboxylic acids is 1. The number of fused-ring (bicyclic) bond motifs is 1. The van der Waals surface area contributed by atoms with Crippen LogP contribution in [0.1, 0.15) is 10.4 Å². The van der Waals surface area contributed by atoms with Crippen molar-refractivity contribution in [2.45, 2.75) is 0 Å². The molecular formula is C14H11N3O3. The molecule has 1 heterocycles. The highest BCUT2D eigenvalue weighted by atomic mass is 16.5. The van der Waals surface area contributed by atoms with Crippen LogP contribution < -0.4 is 4.74 Å². The Hall–Kier alpha value is -2.89. The summed E-state index contributed by atoms with van der Waals surface area (Å²) in [5.74, 6) is -0.237. The van der Waals surface area contributed by atoms with E-state index in [1.807, 2.05) is 24.3 Å². The Morgan fingerprint density at radius 2 is 1.95 bits per heavy atom. The van der Waals surface area contributed by atoms with Crippen LogP contribution in [0.2, 0.25) is 0 Å². The van der Waals surface area contributed by atoms with Gasteiger partial charge in [-0.1, -0.05) is 5.21 Å². The van der Waals surface area contributed by atoms with E-state index in [0.29, 0.717) is 11.0 Å². The van der Waals surface area contributed by atoms with Crippen LogP contribution in [0.5, 0.6) is 5.75 Å². The average molecular weight is 269 g/mol. The van der Waals surface area contributed by atoms with Gasteiger partial charge in [-0.05, 0) is 42.5 Å². The number of ether oxygens (including phenoxy) is 1. The van der Waals surface area contributed by atoms with Gasteiger partial charge in [0.2, 0.25) is 0 Å². The Morgan fingerprint density at radius 1 is 1.20 bits per heavy atom. The molecule has 0 aliphatic carbocycles. The third kappa shape index (κ3) is 1.97. The van der Waals surface area contributed by atoms with Crippen molar-refractivity contribution < 1.29 is 14.6 Å². The summed E-state index contributed by atoms with van der Waals surface area (Å²) in [5, 5.41) is 17.1. The Bertz CT molecular complexity index is 778. The fraction of sp³-hybridized carbons (Fsp3) is 0.0714. The molecule has 1 N–H and O–H groups in total. The van der Waals surface area contributed by atoms with Crippen molar-refractivity contribution >= 4 is 17.0 Å². The molecule has 3 rings (SSSR count). The lowest BCUT2D eigenvalue weighted by atomic mass is 10.2. The molecule has 0 spiro atoms. The average Bonchev–Trinajstić information content (AvgIpc) is 2.90. The molecule has 0 fully saturated rings. The molecule has 0 saturated carbocycles. The summed E-state index contributed by atoms with van der Waals surface area (Å²) in [6.45, 7) is 0. The normalized spacial score (nSPS) is 10.7. The fourth-order valence-corrected chi connectivity index (χ4v) is 1.97. The zero-order chi connectivity index (χ0) is 14.1. The van der Waals surface area contributed by atoms with Crippen molar-refractivity contribution in [1.82, 2.24) is 15.0 Å². The van der Waals surface area contributed by atoms with Gasteiger partial charge >= 0.3 is 5.97 Å². The molecule has 20 heavy (non-hydrogen) atoms. The minimum absolute atomic E-state index is 0.203. The minimum atomic E-state index is -0.977. The van der Waals surface area contributed by atoms with Gasteiger partial charge in [0.05, 0.1) is 23.9 Å². The van der Waals surface area contributed by atoms with Gasteiger partial charge in [0.1, 0.15) is 11.3 Å². The zero-order valence-electron chi connectivity index (χ0n) is 10.6. The number of hydrogen-bond donors (Lipinski definition) is 1. The van der Waals surface area contributed by atoms with Crippen molar-refractivity contribution in [2.24, 2.45) is 0 Å². The maximum Gasteiger partial charge on any atom is 0.335 e. The molecule has 0 radical (unpaired) electrons. The Kier molecular flexibility index (Phi) is 2.83. The van der Waals surface area contributed by atoms with Gasteiger partial charge in [0.15, 0.2) is 0 Å². The van der Waals surface area contributed by atoms with Gasteiger partial charge in [-0.15, -0.1) is 5.10 Å². The minimum Gasteiger partial charge on any atom is -0.497 e. The van der Waals surface area contributed by atoms with E-state index >= 15 is 0 Å². The van der Waals surface area contributed by atoms with E-state index in [0.717, 1.165) is 11.4 Å². The second-order valence-corrected chi connectivity index (χ2v) is 4.21. The van der Waals surface area contributed by atoms with Crippen LogP contribution in [0, 0.1) is 0 Å². The smallest absolute Gasteiger partial charge is 0.335 e. The molecule has 6 heteroatoms. The van der Waals surface area contributed by atoms with Crippen LogP contribution in [0.4, 0.5) is 0 Å². The Balaban J connectivity index is 2.14. The van der Waals surface area contributed by atoms with E-state index in [1.54, 1.807) is 23.9 Å². The number of rotatable bonds is 3. The van der Waals surface area contributed by atoms with Crippen molar-refractivity contribution in [3.8, 4) is 11.4 Å². The van der Waals surface area contributed by atoms with Gasteiger partial charge in [-0.3, -0.25) is 0 Å². The first-order valence-electron chi connectivity index (χ1n) is 5.92. The number of aromatic nitrogens is 3.